The number of methoxy groups -OCH3 is 2. The summed E-state index contributed by atoms with van der Waals surface area (Å²) in [5.74, 6) is 0.537. The maximum atomic E-state index is 5.84. The van der Waals surface area contributed by atoms with Crippen LogP contribution >= 0.6 is 0 Å². The van der Waals surface area contributed by atoms with Gasteiger partial charge in [0.15, 0.2) is 0 Å². The number of hydrogen-bond donors (Lipinski definition) is 0. The van der Waals surface area contributed by atoms with E-state index in [0.29, 0.717) is 0 Å². The van der Waals surface area contributed by atoms with Gasteiger partial charge in [0.25, 0.3) is 0 Å². The predicted octanol–water partition coefficient (Wildman–Crippen LogP) is 4.17. The van der Waals surface area contributed by atoms with Gasteiger partial charge in [0.2, 0.25) is 0 Å². The van der Waals surface area contributed by atoms with Gasteiger partial charge < -0.3 is 9.47 Å². The molecule has 0 fully saturated rings. The van der Waals surface area contributed by atoms with Crippen LogP contribution in [0, 0.1) is 0 Å². The lowest BCUT2D eigenvalue weighted by Crippen LogP contribution is -2.39. The number of benzene rings is 2. The number of rotatable bonds is 2. The molecule has 0 saturated heterocycles. The molecule has 2 unspecified atom stereocenters. The molecule has 2 bridgehead atoms. The van der Waals surface area contributed by atoms with Crippen LogP contribution in [0.25, 0.3) is 0 Å². The van der Waals surface area contributed by atoms with Crippen LogP contribution in [-0.4, -0.2) is 26.4 Å². The molecule has 0 aliphatic heterocycles. The molecule has 2 heteroatoms. The van der Waals surface area contributed by atoms with Crippen LogP contribution in [0.15, 0.2) is 71.8 Å². The molecule has 2 aromatic rings. The van der Waals surface area contributed by atoms with Crippen LogP contribution in [0.3, 0.4) is 0 Å². The standard InChI is InChI=1S/C22H20O2/c1-23-17-11-12-18(24-2)22-20-15-9-5-3-7-13(15)19(21(17)22)14-8-4-6-10-16(14)20/h3-12,17-20H,1-2H3. The van der Waals surface area contributed by atoms with Gasteiger partial charge in [0.1, 0.15) is 0 Å². The first-order valence-corrected chi connectivity index (χ1v) is 8.50. The van der Waals surface area contributed by atoms with E-state index in [-0.39, 0.29) is 24.0 Å². The first-order valence-electron chi connectivity index (χ1n) is 8.50. The lowest BCUT2D eigenvalue weighted by molar-refractivity contribution is 0.130. The Labute approximate surface area is 142 Å². The Hall–Kier alpha value is -2.16. The summed E-state index contributed by atoms with van der Waals surface area (Å²) >= 11 is 0. The fourth-order valence-corrected chi connectivity index (χ4v) is 4.89. The lowest BCUT2D eigenvalue weighted by Gasteiger charge is -2.47. The molecule has 0 amide bonds. The number of hydrogen-bond acceptors (Lipinski definition) is 2. The van der Waals surface area contributed by atoms with E-state index in [9.17, 15) is 0 Å². The zero-order valence-corrected chi connectivity index (χ0v) is 13.9. The zero-order valence-electron chi connectivity index (χ0n) is 13.9. The summed E-state index contributed by atoms with van der Waals surface area (Å²) in [4.78, 5) is 0. The molecule has 0 N–H and O–H groups in total. The average Bonchev–Trinajstić information content (AvgIpc) is 2.66. The molecule has 0 radical (unpaired) electrons. The van der Waals surface area contributed by atoms with E-state index >= 15 is 0 Å². The largest absolute Gasteiger partial charge is 0.373 e. The molecule has 0 aromatic heterocycles. The van der Waals surface area contributed by atoms with Crippen molar-refractivity contribution < 1.29 is 9.47 Å². The molecule has 6 rings (SSSR count). The van der Waals surface area contributed by atoms with Crippen LogP contribution in [0.4, 0.5) is 0 Å². The maximum absolute atomic E-state index is 5.84. The van der Waals surface area contributed by atoms with Crippen molar-refractivity contribution in [1.29, 1.82) is 0 Å². The summed E-state index contributed by atoms with van der Waals surface area (Å²) in [5.41, 5.74) is 8.46. The SMILES string of the molecule is COC1C=CC(OC)C2=C1C1c3ccccc3C2c2ccccc21. The van der Waals surface area contributed by atoms with E-state index in [4.69, 9.17) is 9.47 Å². The van der Waals surface area contributed by atoms with Crippen molar-refractivity contribution in [1.82, 2.24) is 0 Å². The van der Waals surface area contributed by atoms with Crippen LogP contribution in [0.1, 0.15) is 34.1 Å². The average molecular weight is 316 g/mol. The second kappa shape index (κ2) is 5.17. The van der Waals surface area contributed by atoms with Crippen molar-refractivity contribution in [2.75, 3.05) is 14.2 Å². The van der Waals surface area contributed by atoms with Gasteiger partial charge in [-0.2, -0.15) is 0 Å². The normalized spacial score (nSPS) is 29.2. The Balaban J connectivity index is 1.84. The predicted molar refractivity (Wildman–Crippen MR) is 94.3 cm³/mol. The summed E-state index contributed by atoms with van der Waals surface area (Å²) in [6.07, 6.45) is 4.36. The summed E-state index contributed by atoms with van der Waals surface area (Å²) in [5, 5.41) is 0. The van der Waals surface area contributed by atoms with Gasteiger partial charge in [-0.15, -0.1) is 0 Å². The highest BCUT2D eigenvalue weighted by molar-refractivity contribution is 5.68. The van der Waals surface area contributed by atoms with Crippen LogP contribution < -0.4 is 0 Å². The maximum Gasteiger partial charge on any atom is 0.0977 e. The summed E-state index contributed by atoms with van der Waals surface area (Å²) in [6.45, 7) is 0. The topological polar surface area (TPSA) is 18.5 Å². The minimum atomic E-state index is 0.0283. The van der Waals surface area contributed by atoms with E-state index in [1.54, 1.807) is 14.2 Å². The highest BCUT2D eigenvalue weighted by atomic mass is 16.5. The first kappa shape index (κ1) is 14.2. The molecule has 0 saturated carbocycles. The molecule has 24 heavy (non-hydrogen) atoms. The zero-order chi connectivity index (χ0) is 16.3. The van der Waals surface area contributed by atoms with E-state index in [0.717, 1.165) is 0 Å². The Bertz CT molecular complexity index is 760. The lowest BCUT2D eigenvalue weighted by atomic mass is 9.58. The third-order valence-corrected chi connectivity index (χ3v) is 5.77. The van der Waals surface area contributed by atoms with Crippen molar-refractivity contribution >= 4 is 0 Å². The van der Waals surface area contributed by atoms with Crippen LogP contribution in [0.5, 0.6) is 0 Å². The van der Waals surface area contributed by atoms with Gasteiger partial charge >= 0.3 is 0 Å². The van der Waals surface area contributed by atoms with Crippen molar-refractivity contribution in [3.05, 3.63) is 94.1 Å². The highest BCUT2D eigenvalue weighted by Crippen LogP contribution is 2.58. The van der Waals surface area contributed by atoms with Crippen LogP contribution in [-0.2, 0) is 9.47 Å². The molecule has 2 aromatic carbocycles. The second-order valence-electron chi connectivity index (χ2n) is 6.73. The summed E-state index contributed by atoms with van der Waals surface area (Å²) < 4.78 is 11.7. The Kier molecular flexibility index (Phi) is 3.06. The monoisotopic (exact) mass is 316 g/mol. The van der Waals surface area contributed by atoms with Crippen LogP contribution in [0.2, 0.25) is 0 Å². The fourth-order valence-electron chi connectivity index (χ4n) is 4.89. The fraction of sp³-hybridized carbons (Fsp3) is 0.273. The molecule has 2 nitrogen and oxygen atoms in total. The third-order valence-electron chi connectivity index (χ3n) is 5.77. The minimum Gasteiger partial charge on any atom is -0.373 e. The Morgan fingerprint density at radius 1 is 0.583 bits per heavy atom. The molecule has 0 heterocycles. The third kappa shape index (κ3) is 1.68. The van der Waals surface area contributed by atoms with Gasteiger partial charge in [-0.1, -0.05) is 60.7 Å². The van der Waals surface area contributed by atoms with E-state index in [1.807, 2.05) is 0 Å². The minimum absolute atomic E-state index is 0.0283. The Morgan fingerprint density at radius 2 is 0.917 bits per heavy atom. The van der Waals surface area contributed by atoms with Gasteiger partial charge in [-0.05, 0) is 33.4 Å². The molecular formula is C22H20O2. The van der Waals surface area contributed by atoms with Gasteiger partial charge in [-0.3, -0.25) is 0 Å². The quantitative estimate of drug-likeness (QED) is 0.774. The summed E-state index contributed by atoms with van der Waals surface area (Å²) in [6, 6.07) is 17.7. The molecule has 4 aliphatic carbocycles. The summed E-state index contributed by atoms with van der Waals surface area (Å²) in [7, 11) is 3.60. The molecule has 2 atom stereocenters. The molecular weight excluding hydrogens is 296 g/mol. The van der Waals surface area contributed by atoms with E-state index < -0.39 is 0 Å². The van der Waals surface area contributed by atoms with Gasteiger partial charge in [-0.25, -0.2) is 0 Å². The van der Waals surface area contributed by atoms with Crippen molar-refractivity contribution in [3.63, 3.8) is 0 Å². The van der Waals surface area contributed by atoms with E-state index in [1.165, 1.54) is 33.4 Å². The Morgan fingerprint density at radius 3 is 1.21 bits per heavy atom. The number of ether oxygens (including phenoxy) is 2. The van der Waals surface area contributed by atoms with Crippen molar-refractivity contribution in [2.45, 2.75) is 24.0 Å². The second-order valence-corrected chi connectivity index (χ2v) is 6.73. The van der Waals surface area contributed by atoms with Crippen molar-refractivity contribution in [2.24, 2.45) is 0 Å². The van der Waals surface area contributed by atoms with E-state index in [2.05, 4.69) is 60.7 Å². The molecule has 0 spiro atoms. The molecule has 120 valence electrons. The first-order chi connectivity index (χ1) is 11.8. The van der Waals surface area contributed by atoms with Gasteiger partial charge in [0.05, 0.1) is 12.2 Å². The molecule has 4 aliphatic rings. The van der Waals surface area contributed by atoms with Gasteiger partial charge in [0, 0.05) is 26.1 Å². The van der Waals surface area contributed by atoms with Crippen molar-refractivity contribution in [3.8, 4) is 0 Å². The smallest absolute Gasteiger partial charge is 0.0977 e. The highest BCUT2D eigenvalue weighted by Gasteiger charge is 2.47.